The summed E-state index contributed by atoms with van der Waals surface area (Å²) >= 11 is 10.8. The molecule has 0 fully saturated rings. The molecule has 1 aliphatic heterocycles. The Labute approximate surface area is 485 Å². The second-order valence-corrected chi connectivity index (χ2v) is 27.9. The van der Waals surface area contributed by atoms with Gasteiger partial charge in [-0.05, 0) is 106 Å². The Kier molecular flexibility index (Phi) is 36.2. The minimum atomic E-state index is 0.120. The van der Waals surface area contributed by atoms with Crippen LogP contribution in [0.4, 0.5) is 11.4 Å². The van der Waals surface area contributed by atoms with Crippen molar-refractivity contribution in [3.8, 4) is 0 Å². The largest absolute Gasteiger partial charge is 0.374 e. The summed E-state index contributed by atoms with van der Waals surface area (Å²) in [5.41, 5.74) is 3.57. The number of halogens is 2. The predicted octanol–water partition coefficient (Wildman–Crippen LogP) is 21.6. The summed E-state index contributed by atoms with van der Waals surface area (Å²) in [6.45, 7) is 10.9. The molecule has 1 amide bonds. The lowest BCUT2D eigenvalue weighted by atomic mass is 9.93. The van der Waals surface area contributed by atoms with Gasteiger partial charge < -0.3 is 9.80 Å². The number of carbonyl (C=O) groups excluding carboxylic acids is 2. The van der Waals surface area contributed by atoms with E-state index in [0.29, 0.717) is 17.4 Å². The quantitative estimate of drug-likeness (QED) is 0.0418. The van der Waals surface area contributed by atoms with E-state index in [0.717, 1.165) is 76.9 Å². The number of unbranched alkanes of at least 4 members (excludes halogenated alkanes) is 32. The van der Waals surface area contributed by atoms with E-state index in [1.54, 1.807) is 22.7 Å². The maximum Gasteiger partial charge on any atom is 0.260 e. The number of benzene rings is 1. The summed E-state index contributed by atoms with van der Waals surface area (Å²) in [4.78, 5) is 35.5. The monoisotopic (exact) mass is 1190 g/mol. The number of anilines is 2. The number of rotatable bonds is 48. The first-order chi connectivity index (χ1) is 36.8. The molecule has 8 heteroatoms. The number of aldehydes is 1. The zero-order chi connectivity index (χ0) is 53.7. The van der Waals surface area contributed by atoms with Gasteiger partial charge in [0.05, 0.1) is 18.8 Å². The third-order valence-electron chi connectivity index (χ3n) is 16.4. The topological polar surface area (TPSA) is 40.6 Å². The second kappa shape index (κ2) is 41.3. The minimum absolute atomic E-state index is 0.120. The van der Waals surface area contributed by atoms with Crippen molar-refractivity contribution in [1.82, 2.24) is 0 Å². The van der Waals surface area contributed by atoms with Crippen LogP contribution in [0.15, 0.2) is 44.0 Å². The van der Waals surface area contributed by atoms with E-state index in [4.69, 9.17) is 0 Å². The van der Waals surface area contributed by atoms with Crippen LogP contribution in [-0.2, 0) is 9.59 Å². The van der Waals surface area contributed by atoms with Gasteiger partial charge in [0.15, 0.2) is 6.29 Å². The Morgan fingerprint density at radius 2 is 0.907 bits per heavy atom. The summed E-state index contributed by atoms with van der Waals surface area (Å²) in [5.74, 6) is 1.12. The van der Waals surface area contributed by atoms with Crippen LogP contribution in [-0.4, -0.2) is 32.3 Å². The molecule has 2 aromatic heterocycles. The lowest BCUT2D eigenvalue weighted by molar-refractivity contribution is -0.113. The Bertz CT molecular complexity index is 2090. The van der Waals surface area contributed by atoms with Gasteiger partial charge >= 0.3 is 0 Å². The average Bonchev–Trinajstić information content (AvgIpc) is 4.11. The van der Waals surface area contributed by atoms with Crippen LogP contribution in [0, 0.1) is 11.8 Å². The van der Waals surface area contributed by atoms with E-state index in [1.807, 2.05) is 0 Å². The van der Waals surface area contributed by atoms with Gasteiger partial charge in [0, 0.05) is 51.6 Å². The maximum absolute atomic E-state index is 15.3. The number of amides is 1. The Balaban J connectivity index is 1.67. The normalized spacial score (nSPS) is 13.8. The molecule has 1 aromatic carbocycles. The lowest BCUT2D eigenvalue weighted by Crippen LogP contribution is -2.35. The van der Waals surface area contributed by atoms with Crippen molar-refractivity contribution in [3.63, 3.8) is 0 Å². The van der Waals surface area contributed by atoms with Crippen molar-refractivity contribution in [3.05, 3.63) is 64.2 Å². The molecule has 2 unspecified atom stereocenters. The van der Waals surface area contributed by atoms with Crippen LogP contribution >= 0.6 is 54.5 Å². The standard InChI is InChI=1S/C67H108Br2N2O2S2/c1-6-10-14-18-22-26-28-32-35-39-43-55(42-38-34-30-24-20-16-12-8-3)52-70(5)60-51-58-61(50-57(60)59(54-72)62-46-48-64(68)74-62)71(67(73)66(58)63-47-49-65(69)75-63)53-56(44-40-36-31-25-21-17-13-9-4)45-41-37-33-29-27-23-19-15-11-7-2/h46-51,54-56H,6-45,52-53H2,1-5H3/b59-57+. The van der Waals surface area contributed by atoms with Gasteiger partial charge in [-0.2, -0.15) is 0 Å². The van der Waals surface area contributed by atoms with Crippen molar-refractivity contribution < 1.29 is 9.59 Å². The molecule has 4 nitrogen and oxygen atoms in total. The first-order valence-corrected chi connectivity index (χ1v) is 34.9. The molecule has 0 bridgehead atoms. The average molecular weight is 1200 g/mol. The Morgan fingerprint density at radius 1 is 0.520 bits per heavy atom. The SMILES string of the molecule is CCCCCCCCCCCCC(CCCCCCCCCC)CN(C)c1cc2c(c/c1=C(/C=O)c1ccc(Br)s1)N(CC(CCCCCCCCCC)CCCCCCCCCCCC)C(=O)C=2c1ccc(Br)s1. The Morgan fingerprint density at radius 3 is 1.28 bits per heavy atom. The summed E-state index contributed by atoms with van der Waals surface area (Å²) in [5, 5.41) is 1.97. The molecule has 1 aliphatic rings. The number of hydrogen-bond donors (Lipinski definition) is 0. The van der Waals surface area contributed by atoms with Crippen LogP contribution in [0.1, 0.15) is 294 Å². The first-order valence-electron chi connectivity index (χ1n) is 31.7. The van der Waals surface area contributed by atoms with E-state index >= 15 is 4.79 Å². The lowest BCUT2D eigenvalue weighted by Gasteiger charge is -2.28. The van der Waals surface area contributed by atoms with E-state index in [1.165, 1.54) is 244 Å². The molecule has 0 saturated carbocycles. The van der Waals surface area contributed by atoms with Gasteiger partial charge in [0.25, 0.3) is 5.91 Å². The Hall–Kier alpha value is -1.74. The number of fused-ring (bicyclic) bond motifs is 1. The highest BCUT2D eigenvalue weighted by Crippen LogP contribution is 2.35. The summed E-state index contributed by atoms with van der Waals surface area (Å²) in [7, 11) is 2.26. The number of carbonyl (C=O) groups is 2. The van der Waals surface area contributed by atoms with Crippen molar-refractivity contribution in [2.75, 3.05) is 29.9 Å². The molecular formula is C67H108Br2N2O2S2. The summed E-state index contributed by atoms with van der Waals surface area (Å²) < 4.78 is 2.05. The highest BCUT2D eigenvalue weighted by Gasteiger charge is 2.34. The number of nitrogens with zero attached hydrogens (tertiary/aromatic N) is 2. The van der Waals surface area contributed by atoms with Crippen molar-refractivity contribution in [2.45, 2.75) is 285 Å². The molecule has 4 rings (SSSR count). The van der Waals surface area contributed by atoms with Crippen LogP contribution in [0.25, 0.3) is 11.1 Å². The second-order valence-electron chi connectivity index (χ2n) is 23.0. The van der Waals surface area contributed by atoms with Crippen LogP contribution < -0.4 is 20.2 Å². The van der Waals surface area contributed by atoms with Gasteiger partial charge in [0.1, 0.15) is 0 Å². The number of hydrogen-bond acceptors (Lipinski definition) is 5. The highest BCUT2D eigenvalue weighted by molar-refractivity contribution is 9.11. The molecule has 0 saturated heterocycles. The summed E-state index contributed by atoms with van der Waals surface area (Å²) in [6, 6.07) is 13.0. The third kappa shape index (κ3) is 25.5. The maximum atomic E-state index is 15.3. The van der Waals surface area contributed by atoms with Crippen LogP contribution in [0.2, 0.25) is 0 Å². The highest BCUT2D eigenvalue weighted by atomic mass is 79.9. The van der Waals surface area contributed by atoms with Crippen LogP contribution in [0.3, 0.4) is 0 Å². The van der Waals surface area contributed by atoms with E-state index in [2.05, 4.69) is 113 Å². The van der Waals surface area contributed by atoms with Crippen molar-refractivity contribution in [2.24, 2.45) is 11.8 Å². The molecule has 0 N–H and O–H groups in total. The van der Waals surface area contributed by atoms with Crippen molar-refractivity contribution >= 4 is 89.2 Å². The zero-order valence-electron chi connectivity index (χ0n) is 48.7. The fourth-order valence-electron chi connectivity index (χ4n) is 11.8. The van der Waals surface area contributed by atoms with Gasteiger partial charge in [-0.25, -0.2) is 0 Å². The van der Waals surface area contributed by atoms with E-state index < -0.39 is 0 Å². The number of thiophene rings is 2. The van der Waals surface area contributed by atoms with Gasteiger partial charge in [-0.15, -0.1) is 22.7 Å². The molecular weight excluding hydrogens is 1090 g/mol. The van der Waals surface area contributed by atoms with Gasteiger partial charge in [0.2, 0.25) is 0 Å². The van der Waals surface area contributed by atoms with E-state index in [9.17, 15) is 4.79 Å². The molecule has 75 heavy (non-hydrogen) atoms. The predicted molar refractivity (Wildman–Crippen MR) is 341 cm³/mol. The molecule has 0 radical (unpaired) electrons. The van der Waals surface area contributed by atoms with E-state index in [-0.39, 0.29) is 5.91 Å². The molecule has 0 spiro atoms. The molecule has 3 heterocycles. The summed E-state index contributed by atoms with van der Waals surface area (Å²) in [6.07, 6.45) is 54.0. The molecule has 2 atom stereocenters. The zero-order valence-corrected chi connectivity index (χ0v) is 53.5. The molecule has 3 aromatic rings. The first kappa shape index (κ1) is 65.8. The fraction of sp³-hybridized carbons (Fsp3) is 0.731. The molecule has 424 valence electrons. The van der Waals surface area contributed by atoms with Gasteiger partial charge in [-0.3, -0.25) is 9.59 Å². The minimum Gasteiger partial charge on any atom is -0.374 e. The molecule has 0 aliphatic carbocycles. The fourth-order valence-corrected chi connectivity index (χ4v) is 14.7. The van der Waals surface area contributed by atoms with Crippen molar-refractivity contribution in [1.29, 1.82) is 0 Å². The van der Waals surface area contributed by atoms with Gasteiger partial charge in [-0.1, -0.05) is 259 Å². The smallest absolute Gasteiger partial charge is 0.260 e. The van der Waals surface area contributed by atoms with Crippen LogP contribution in [0.5, 0.6) is 0 Å². The third-order valence-corrected chi connectivity index (χ3v) is 19.7.